The van der Waals surface area contributed by atoms with Gasteiger partial charge in [0.05, 0.1) is 10.0 Å². The van der Waals surface area contributed by atoms with Crippen LogP contribution in [0.1, 0.15) is 5.56 Å². The Morgan fingerprint density at radius 2 is 1.81 bits per heavy atom. The van der Waals surface area contributed by atoms with Crippen LogP contribution in [0.25, 0.3) is 16.7 Å². The molecule has 3 N–H and O–H groups in total. The Balaban J connectivity index is 2.07. The van der Waals surface area contributed by atoms with Gasteiger partial charge in [-0.25, -0.2) is 4.98 Å². The van der Waals surface area contributed by atoms with Crippen molar-refractivity contribution in [1.29, 1.82) is 0 Å². The van der Waals surface area contributed by atoms with Crippen molar-refractivity contribution in [3.63, 3.8) is 0 Å². The van der Waals surface area contributed by atoms with Crippen LogP contribution in [0, 0.1) is 0 Å². The normalized spacial score (nSPS) is 10.4. The Hall–Kier alpha value is -2.89. The molecule has 1 aromatic carbocycles. The first-order valence-corrected chi connectivity index (χ1v) is 8.33. The number of pyridine rings is 2. The molecule has 2 aromatic heterocycles. The lowest BCUT2D eigenvalue weighted by atomic mass is 9.98. The Morgan fingerprint density at radius 3 is 2.46 bits per heavy atom. The van der Waals surface area contributed by atoms with Crippen LogP contribution < -0.4 is 11.1 Å². The van der Waals surface area contributed by atoms with Crippen molar-refractivity contribution in [2.75, 3.05) is 5.32 Å². The number of nitrogens with one attached hydrogen (secondary N) is 1. The average molecular weight is 385 g/mol. The number of primary amides is 1. The fourth-order valence-electron chi connectivity index (χ4n) is 2.37. The highest BCUT2D eigenvalue weighted by Gasteiger charge is 2.12. The maximum atomic E-state index is 11.5. The molecular weight excluding hydrogens is 371 g/mol. The second kappa shape index (κ2) is 7.56. The molecule has 3 rings (SSSR count). The molecule has 0 saturated heterocycles. The van der Waals surface area contributed by atoms with Gasteiger partial charge in [0, 0.05) is 41.5 Å². The van der Waals surface area contributed by atoms with Gasteiger partial charge >= 0.3 is 0 Å². The van der Waals surface area contributed by atoms with Crippen molar-refractivity contribution in [3.8, 4) is 11.1 Å². The summed E-state index contributed by atoms with van der Waals surface area (Å²) < 4.78 is 0. The molecule has 0 aliphatic carbocycles. The first-order valence-electron chi connectivity index (χ1n) is 7.57. The van der Waals surface area contributed by atoms with E-state index in [1.807, 2.05) is 24.3 Å². The summed E-state index contributed by atoms with van der Waals surface area (Å²) in [6.07, 6.45) is 4.85. The van der Waals surface area contributed by atoms with Crippen LogP contribution in [-0.4, -0.2) is 15.9 Å². The molecule has 3 aromatic rings. The summed E-state index contributed by atoms with van der Waals surface area (Å²) in [5.74, 6) is -0.0336. The standard InChI is InChI=1S/C19H14Cl2N4O/c1-11(19(22)26)13-2-3-17(14(8-13)12-4-6-23-7-5-12)25-18-9-15(20)16(21)10-24-18/h2-10H,1H2,(H2,22,26)(H,24,25). The molecule has 0 aliphatic heterocycles. The molecule has 2 heterocycles. The van der Waals surface area contributed by atoms with Gasteiger partial charge in [-0.15, -0.1) is 0 Å². The van der Waals surface area contributed by atoms with E-state index in [4.69, 9.17) is 28.9 Å². The van der Waals surface area contributed by atoms with Crippen molar-refractivity contribution in [2.45, 2.75) is 0 Å². The molecule has 130 valence electrons. The van der Waals surface area contributed by atoms with Crippen LogP contribution in [0.3, 0.4) is 0 Å². The highest BCUT2D eigenvalue weighted by atomic mass is 35.5. The topological polar surface area (TPSA) is 80.9 Å². The minimum Gasteiger partial charge on any atom is -0.366 e. The van der Waals surface area contributed by atoms with Gasteiger partial charge in [-0.3, -0.25) is 9.78 Å². The lowest BCUT2D eigenvalue weighted by molar-refractivity contribution is -0.112. The minimum absolute atomic E-state index is 0.236. The molecule has 5 nitrogen and oxygen atoms in total. The highest BCUT2D eigenvalue weighted by molar-refractivity contribution is 6.42. The van der Waals surface area contributed by atoms with Crippen molar-refractivity contribution in [1.82, 2.24) is 9.97 Å². The smallest absolute Gasteiger partial charge is 0.248 e. The number of halogens is 2. The van der Waals surface area contributed by atoms with Gasteiger partial charge in [0.15, 0.2) is 0 Å². The van der Waals surface area contributed by atoms with Crippen molar-refractivity contribution >= 4 is 46.2 Å². The summed E-state index contributed by atoms with van der Waals surface area (Å²) in [5, 5.41) is 3.99. The lowest BCUT2D eigenvalue weighted by Crippen LogP contribution is -2.12. The second-order valence-electron chi connectivity index (χ2n) is 5.45. The zero-order valence-corrected chi connectivity index (χ0v) is 15.1. The van der Waals surface area contributed by atoms with E-state index in [0.29, 0.717) is 21.4 Å². The van der Waals surface area contributed by atoms with Crippen LogP contribution in [0.4, 0.5) is 11.5 Å². The third-order valence-electron chi connectivity index (χ3n) is 3.73. The van der Waals surface area contributed by atoms with Gasteiger partial charge in [0.25, 0.3) is 0 Å². The van der Waals surface area contributed by atoms with E-state index in [-0.39, 0.29) is 5.57 Å². The number of rotatable bonds is 5. The number of nitrogens with two attached hydrogens (primary N) is 1. The summed E-state index contributed by atoms with van der Waals surface area (Å²) in [7, 11) is 0. The molecule has 0 aliphatic rings. The minimum atomic E-state index is -0.572. The third-order valence-corrected chi connectivity index (χ3v) is 4.44. The van der Waals surface area contributed by atoms with Crippen LogP contribution in [0.2, 0.25) is 10.0 Å². The van der Waals surface area contributed by atoms with Crippen LogP contribution >= 0.6 is 23.2 Å². The zero-order chi connectivity index (χ0) is 18.7. The third kappa shape index (κ3) is 3.85. The Morgan fingerprint density at radius 1 is 1.08 bits per heavy atom. The van der Waals surface area contributed by atoms with E-state index in [2.05, 4.69) is 21.9 Å². The van der Waals surface area contributed by atoms with Gasteiger partial charge in [-0.05, 0) is 35.4 Å². The fourth-order valence-corrected chi connectivity index (χ4v) is 2.63. The van der Waals surface area contributed by atoms with Crippen molar-refractivity contribution in [2.24, 2.45) is 5.73 Å². The van der Waals surface area contributed by atoms with Gasteiger partial charge in [0.2, 0.25) is 5.91 Å². The maximum absolute atomic E-state index is 11.5. The van der Waals surface area contributed by atoms with Crippen LogP contribution in [0.5, 0.6) is 0 Å². The Labute approximate surface area is 160 Å². The number of carbonyl (C=O) groups is 1. The number of nitrogens with zero attached hydrogens (tertiary/aromatic N) is 2. The molecule has 0 unspecified atom stereocenters. The number of hydrogen-bond acceptors (Lipinski definition) is 4. The number of carbonyl (C=O) groups excluding carboxylic acids is 1. The lowest BCUT2D eigenvalue weighted by Gasteiger charge is -2.14. The van der Waals surface area contributed by atoms with Gasteiger partial charge in [-0.1, -0.05) is 35.8 Å². The Kier molecular flexibility index (Phi) is 5.21. The summed E-state index contributed by atoms with van der Waals surface area (Å²) in [6, 6.07) is 10.8. The predicted molar refractivity (Wildman–Crippen MR) is 105 cm³/mol. The maximum Gasteiger partial charge on any atom is 0.248 e. The van der Waals surface area contributed by atoms with E-state index >= 15 is 0 Å². The monoisotopic (exact) mass is 384 g/mol. The van der Waals surface area contributed by atoms with E-state index in [9.17, 15) is 4.79 Å². The number of aromatic nitrogens is 2. The SMILES string of the molecule is C=C(C(N)=O)c1ccc(Nc2cc(Cl)c(Cl)cn2)c(-c2ccncc2)c1. The molecule has 0 spiro atoms. The first-order chi connectivity index (χ1) is 12.5. The molecule has 0 fully saturated rings. The largest absolute Gasteiger partial charge is 0.366 e. The predicted octanol–water partition coefficient (Wildman–Crippen LogP) is 4.69. The average Bonchev–Trinajstić information content (AvgIpc) is 2.65. The van der Waals surface area contributed by atoms with E-state index in [1.54, 1.807) is 24.5 Å². The van der Waals surface area contributed by atoms with Crippen LogP contribution in [0.15, 0.2) is 61.6 Å². The van der Waals surface area contributed by atoms with E-state index in [1.165, 1.54) is 6.20 Å². The quantitative estimate of drug-likeness (QED) is 0.625. The van der Waals surface area contributed by atoms with Gasteiger partial charge in [-0.2, -0.15) is 0 Å². The summed E-state index contributed by atoms with van der Waals surface area (Å²) >= 11 is 12.0. The van der Waals surface area contributed by atoms with Crippen molar-refractivity contribution in [3.05, 3.63) is 77.2 Å². The van der Waals surface area contributed by atoms with E-state index < -0.39 is 5.91 Å². The molecule has 1 amide bonds. The summed E-state index contributed by atoms with van der Waals surface area (Å²) in [6.45, 7) is 3.74. The molecular formula is C19H14Cl2N4O. The highest BCUT2D eigenvalue weighted by Crippen LogP contribution is 2.33. The number of hydrogen-bond donors (Lipinski definition) is 2. The summed E-state index contributed by atoms with van der Waals surface area (Å²) in [5.41, 5.74) is 8.72. The number of anilines is 2. The molecule has 0 atom stereocenters. The van der Waals surface area contributed by atoms with Gasteiger partial charge < -0.3 is 11.1 Å². The molecule has 0 bridgehead atoms. The number of amides is 1. The van der Waals surface area contributed by atoms with E-state index in [0.717, 1.165) is 16.8 Å². The number of benzene rings is 1. The Bertz CT molecular complexity index is 990. The summed E-state index contributed by atoms with van der Waals surface area (Å²) in [4.78, 5) is 19.7. The van der Waals surface area contributed by atoms with Crippen LogP contribution in [-0.2, 0) is 4.79 Å². The molecule has 0 saturated carbocycles. The molecule has 0 radical (unpaired) electrons. The van der Waals surface area contributed by atoms with Gasteiger partial charge in [0.1, 0.15) is 5.82 Å². The fraction of sp³-hybridized carbons (Fsp3) is 0. The zero-order valence-electron chi connectivity index (χ0n) is 13.5. The molecule has 7 heteroatoms. The molecule has 26 heavy (non-hydrogen) atoms. The first kappa shape index (κ1) is 17.9. The second-order valence-corrected chi connectivity index (χ2v) is 6.26. The van der Waals surface area contributed by atoms with Crippen molar-refractivity contribution < 1.29 is 4.79 Å².